The molecule has 0 aliphatic rings. The molecule has 0 saturated heterocycles. The normalized spacial score (nSPS) is 13.4. The van der Waals surface area contributed by atoms with Crippen molar-refractivity contribution in [1.82, 2.24) is 0 Å². The molecule has 0 saturated carbocycles. The van der Waals surface area contributed by atoms with E-state index in [1.165, 1.54) is 0 Å². The van der Waals surface area contributed by atoms with E-state index in [0.717, 1.165) is 12.0 Å². The quantitative estimate of drug-likeness (QED) is 0.520. The molecule has 0 bridgehead atoms. The van der Waals surface area contributed by atoms with Crippen LogP contribution in [-0.2, 0) is 4.79 Å². The van der Waals surface area contributed by atoms with Crippen molar-refractivity contribution in [1.29, 1.82) is 0 Å². The molecule has 1 atom stereocenters. The first-order valence-electron chi connectivity index (χ1n) is 2.38. The summed E-state index contributed by atoms with van der Waals surface area (Å²) in [5, 5.41) is 0.185. The molecule has 0 aliphatic carbocycles. The third-order valence-corrected chi connectivity index (χ3v) is 1.59. The van der Waals surface area contributed by atoms with Gasteiger partial charge in [0, 0.05) is 0 Å². The lowest BCUT2D eigenvalue weighted by Gasteiger charge is -1.95. The standard InChI is InChI=1S/C5H10OS/c1-3-7-5(2)4-6/h4-5H,3H2,1-2H3. The van der Waals surface area contributed by atoms with E-state index in [1.54, 1.807) is 11.8 Å². The molecule has 0 rings (SSSR count). The summed E-state index contributed by atoms with van der Waals surface area (Å²) >= 11 is 1.66. The Kier molecular flexibility index (Phi) is 4.20. The summed E-state index contributed by atoms with van der Waals surface area (Å²) in [5.74, 6) is 1.03. The highest BCUT2D eigenvalue weighted by Crippen LogP contribution is 2.04. The maximum atomic E-state index is 9.87. The second-order valence-corrected chi connectivity index (χ2v) is 2.95. The van der Waals surface area contributed by atoms with Gasteiger partial charge < -0.3 is 4.79 Å². The Morgan fingerprint density at radius 3 is 2.57 bits per heavy atom. The molecule has 0 aliphatic heterocycles. The Balaban J connectivity index is 2.98. The van der Waals surface area contributed by atoms with Crippen LogP contribution in [0.5, 0.6) is 0 Å². The van der Waals surface area contributed by atoms with Gasteiger partial charge in [-0.25, -0.2) is 0 Å². The minimum absolute atomic E-state index is 0.185. The Morgan fingerprint density at radius 1 is 1.86 bits per heavy atom. The molecular formula is C5H10OS. The highest BCUT2D eigenvalue weighted by Gasteiger charge is 1.93. The van der Waals surface area contributed by atoms with Crippen molar-refractivity contribution in [2.45, 2.75) is 19.1 Å². The van der Waals surface area contributed by atoms with Crippen molar-refractivity contribution in [3.05, 3.63) is 0 Å². The summed E-state index contributed by atoms with van der Waals surface area (Å²) in [4.78, 5) is 9.87. The van der Waals surface area contributed by atoms with Crippen molar-refractivity contribution in [3.8, 4) is 0 Å². The summed E-state index contributed by atoms with van der Waals surface area (Å²) in [6.07, 6.45) is 0.966. The number of hydrogen-bond donors (Lipinski definition) is 0. The minimum Gasteiger partial charge on any atom is -0.302 e. The number of carbonyl (C=O) groups is 1. The molecule has 2 heteroatoms. The van der Waals surface area contributed by atoms with Gasteiger partial charge in [0.25, 0.3) is 0 Å². The van der Waals surface area contributed by atoms with E-state index in [-0.39, 0.29) is 5.25 Å². The van der Waals surface area contributed by atoms with Gasteiger partial charge >= 0.3 is 0 Å². The van der Waals surface area contributed by atoms with Gasteiger partial charge in [-0.1, -0.05) is 6.92 Å². The third kappa shape index (κ3) is 3.86. The average Bonchev–Trinajstić information content (AvgIpc) is 1.68. The first kappa shape index (κ1) is 7.02. The van der Waals surface area contributed by atoms with Gasteiger partial charge in [-0.3, -0.25) is 0 Å². The number of rotatable bonds is 3. The molecular weight excluding hydrogens is 108 g/mol. The molecule has 0 radical (unpaired) electrons. The fourth-order valence-electron chi connectivity index (χ4n) is 0.302. The number of carbonyl (C=O) groups excluding carboxylic acids is 1. The Morgan fingerprint density at radius 2 is 2.43 bits per heavy atom. The molecule has 0 amide bonds. The van der Waals surface area contributed by atoms with Crippen molar-refractivity contribution in [2.75, 3.05) is 5.75 Å². The van der Waals surface area contributed by atoms with Crippen LogP contribution in [0.1, 0.15) is 13.8 Å². The molecule has 7 heavy (non-hydrogen) atoms. The van der Waals surface area contributed by atoms with Gasteiger partial charge in [-0.2, -0.15) is 11.8 Å². The lowest BCUT2D eigenvalue weighted by molar-refractivity contribution is -0.107. The van der Waals surface area contributed by atoms with E-state index in [9.17, 15) is 4.79 Å². The monoisotopic (exact) mass is 118 g/mol. The van der Waals surface area contributed by atoms with Crippen molar-refractivity contribution >= 4 is 18.0 Å². The van der Waals surface area contributed by atoms with E-state index in [4.69, 9.17) is 0 Å². The Labute approximate surface area is 48.5 Å². The fraction of sp³-hybridized carbons (Fsp3) is 0.800. The third-order valence-electron chi connectivity index (χ3n) is 0.621. The van der Waals surface area contributed by atoms with E-state index < -0.39 is 0 Å². The molecule has 1 nitrogen and oxygen atoms in total. The average molecular weight is 118 g/mol. The smallest absolute Gasteiger partial charge is 0.132 e. The number of aldehydes is 1. The molecule has 0 N–H and O–H groups in total. The molecule has 42 valence electrons. The molecule has 0 heterocycles. The van der Waals surface area contributed by atoms with Crippen LogP contribution in [0.4, 0.5) is 0 Å². The molecule has 1 unspecified atom stereocenters. The van der Waals surface area contributed by atoms with Crippen molar-refractivity contribution in [3.63, 3.8) is 0 Å². The van der Waals surface area contributed by atoms with Gasteiger partial charge in [0.15, 0.2) is 0 Å². The van der Waals surface area contributed by atoms with Crippen LogP contribution in [0.15, 0.2) is 0 Å². The summed E-state index contributed by atoms with van der Waals surface area (Å²) in [7, 11) is 0. The summed E-state index contributed by atoms with van der Waals surface area (Å²) < 4.78 is 0. The van der Waals surface area contributed by atoms with Gasteiger partial charge in [0.2, 0.25) is 0 Å². The second kappa shape index (κ2) is 4.19. The highest BCUT2D eigenvalue weighted by atomic mass is 32.2. The fourth-order valence-corrected chi connectivity index (χ4v) is 0.907. The van der Waals surface area contributed by atoms with Crippen molar-refractivity contribution in [2.24, 2.45) is 0 Å². The molecule has 0 spiro atoms. The Hall–Kier alpha value is 0.0200. The van der Waals surface area contributed by atoms with Gasteiger partial charge in [0.05, 0.1) is 5.25 Å². The largest absolute Gasteiger partial charge is 0.302 e. The topological polar surface area (TPSA) is 17.1 Å². The van der Waals surface area contributed by atoms with Crippen LogP contribution in [0, 0.1) is 0 Å². The van der Waals surface area contributed by atoms with E-state index in [2.05, 4.69) is 0 Å². The molecule has 0 aromatic carbocycles. The van der Waals surface area contributed by atoms with Crippen LogP contribution >= 0.6 is 11.8 Å². The predicted octanol–water partition coefficient (Wildman–Crippen LogP) is 1.33. The zero-order chi connectivity index (χ0) is 5.70. The molecule has 0 aromatic rings. The van der Waals surface area contributed by atoms with Gasteiger partial charge in [-0.05, 0) is 12.7 Å². The summed E-state index contributed by atoms with van der Waals surface area (Å²) in [5.41, 5.74) is 0. The van der Waals surface area contributed by atoms with E-state index in [1.807, 2.05) is 13.8 Å². The van der Waals surface area contributed by atoms with Crippen LogP contribution < -0.4 is 0 Å². The second-order valence-electron chi connectivity index (χ2n) is 1.30. The Bertz CT molecular complexity index is 54.0. The van der Waals surface area contributed by atoms with E-state index in [0.29, 0.717) is 0 Å². The summed E-state index contributed by atoms with van der Waals surface area (Å²) in [6, 6.07) is 0. The maximum Gasteiger partial charge on any atom is 0.132 e. The van der Waals surface area contributed by atoms with Crippen LogP contribution in [0.3, 0.4) is 0 Å². The zero-order valence-corrected chi connectivity index (χ0v) is 5.49. The predicted molar refractivity (Wildman–Crippen MR) is 33.7 cm³/mol. The zero-order valence-electron chi connectivity index (χ0n) is 4.68. The van der Waals surface area contributed by atoms with Gasteiger partial charge in [0.1, 0.15) is 6.29 Å². The van der Waals surface area contributed by atoms with E-state index >= 15 is 0 Å². The van der Waals surface area contributed by atoms with Crippen molar-refractivity contribution < 1.29 is 4.79 Å². The maximum absolute atomic E-state index is 9.87. The highest BCUT2D eigenvalue weighted by molar-refractivity contribution is 8.00. The minimum atomic E-state index is 0.185. The lowest BCUT2D eigenvalue weighted by atomic mass is 10.5. The van der Waals surface area contributed by atoms with Gasteiger partial charge in [-0.15, -0.1) is 0 Å². The van der Waals surface area contributed by atoms with Crippen LogP contribution in [0.25, 0.3) is 0 Å². The first-order chi connectivity index (χ1) is 3.31. The van der Waals surface area contributed by atoms with Crippen LogP contribution in [-0.4, -0.2) is 17.3 Å². The number of thioether (sulfide) groups is 1. The molecule has 0 fully saturated rings. The van der Waals surface area contributed by atoms with Crippen LogP contribution in [0.2, 0.25) is 0 Å². The summed E-state index contributed by atoms with van der Waals surface area (Å²) in [6.45, 7) is 3.95. The number of hydrogen-bond acceptors (Lipinski definition) is 2. The molecule has 0 aromatic heterocycles. The lowest BCUT2D eigenvalue weighted by Crippen LogP contribution is -1.95. The first-order valence-corrected chi connectivity index (χ1v) is 3.43. The SMILES string of the molecule is CCSC(C)C=O.